The summed E-state index contributed by atoms with van der Waals surface area (Å²) >= 11 is 0. The molecule has 108 valence electrons. The van der Waals surface area contributed by atoms with E-state index in [1.54, 1.807) is 6.08 Å². The molecule has 0 heterocycles. The molecule has 0 amide bonds. The molecule has 0 spiro atoms. The van der Waals surface area contributed by atoms with Gasteiger partial charge in [0.1, 0.15) is 11.9 Å². The van der Waals surface area contributed by atoms with E-state index >= 15 is 0 Å². The summed E-state index contributed by atoms with van der Waals surface area (Å²) < 4.78 is 10.0. The Morgan fingerprint density at radius 2 is 2.00 bits per heavy atom. The zero-order valence-corrected chi connectivity index (χ0v) is 11.4. The highest BCUT2D eigenvalue weighted by atomic mass is 16.7. The SMILES string of the molecule is CC/C=C/C(CC)OC(=O)Oc1ccc([N+](=O)[O-])cc1. The summed E-state index contributed by atoms with van der Waals surface area (Å²) in [6, 6.07) is 5.22. The minimum absolute atomic E-state index is 0.0666. The van der Waals surface area contributed by atoms with E-state index in [0.717, 1.165) is 6.42 Å². The molecule has 1 aromatic carbocycles. The Balaban J connectivity index is 2.57. The lowest BCUT2D eigenvalue weighted by molar-refractivity contribution is -0.384. The van der Waals surface area contributed by atoms with E-state index in [2.05, 4.69) is 0 Å². The predicted molar refractivity (Wildman–Crippen MR) is 73.7 cm³/mol. The summed E-state index contributed by atoms with van der Waals surface area (Å²) in [7, 11) is 0. The van der Waals surface area contributed by atoms with Crippen LogP contribution in [0.3, 0.4) is 0 Å². The lowest BCUT2D eigenvalue weighted by Crippen LogP contribution is -2.18. The fraction of sp³-hybridized carbons (Fsp3) is 0.357. The van der Waals surface area contributed by atoms with E-state index in [0.29, 0.717) is 6.42 Å². The smallest absolute Gasteiger partial charge is 0.426 e. The number of nitro groups is 1. The van der Waals surface area contributed by atoms with E-state index < -0.39 is 11.1 Å². The van der Waals surface area contributed by atoms with Crippen LogP contribution in [0.4, 0.5) is 10.5 Å². The third kappa shape index (κ3) is 5.09. The van der Waals surface area contributed by atoms with E-state index in [1.807, 2.05) is 19.9 Å². The van der Waals surface area contributed by atoms with Crippen LogP contribution in [0.15, 0.2) is 36.4 Å². The minimum atomic E-state index is -0.827. The van der Waals surface area contributed by atoms with Crippen molar-refractivity contribution in [3.05, 3.63) is 46.5 Å². The van der Waals surface area contributed by atoms with E-state index in [-0.39, 0.29) is 17.5 Å². The average molecular weight is 279 g/mol. The van der Waals surface area contributed by atoms with Crippen molar-refractivity contribution < 1.29 is 19.2 Å². The standard InChI is InChI=1S/C14H17NO5/c1-3-5-6-12(4-2)19-14(16)20-13-9-7-11(8-10-13)15(17)18/h5-10,12H,3-4H2,1-2H3/b6-5+. The maximum Gasteiger partial charge on any atom is 0.514 e. The molecule has 0 saturated carbocycles. The number of nitrogens with zero attached hydrogens (tertiary/aromatic N) is 1. The quantitative estimate of drug-likeness (QED) is 0.260. The van der Waals surface area contributed by atoms with Crippen LogP contribution in [0.5, 0.6) is 5.75 Å². The summed E-state index contributed by atoms with van der Waals surface area (Å²) in [6.07, 6.45) is 4.06. The first kappa shape index (κ1) is 15.7. The number of hydrogen-bond acceptors (Lipinski definition) is 5. The van der Waals surface area contributed by atoms with Crippen LogP contribution >= 0.6 is 0 Å². The van der Waals surface area contributed by atoms with Gasteiger partial charge in [-0.05, 0) is 31.1 Å². The second-order valence-corrected chi connectivity index (χ2v) is 4.00. The highest BCUT2D eigenvalue weighted by molar-refractivity contribution is 5.64. The van der Waals surface area contributed by atoms with Crippen LogP contribution in [0, 0.1) is 10.1 Å². The Morgan fingerprint density at radius 1 is 1.35 bits per heavy atom. The first-order chi connectivity index (χ1) is 9.56. The number of nitro benzene ring substituents is 1. The molecule has 1 rings (SSSR count). The number of hydrogen-bond donors (Lipinski definition) is 0. The normalized spacial score (nSPS) is 12.1. The van der Waals surface area contributed by atoms with Crippen molar-refractivity contribution in [2.75, 3.05) is 0 Å². The van der Waals surface area contributed by atoms with Gasteiger partial charge in [0.05, 0.1) is 4.92 Å². The molecule has 6 heteroatoms. The summed E-state index contributed by atoms with van der Waals surface area (Å²) in [5, 5.41) is 10.5. The molecule has 1 unspecified atom stereocenters. The van der Waals surface area contributed by atoms with Gasteiger partial charge in [0.2, 0.25) is 0 Å². The summed E-state index contributed by atoms with van der Waals surface area (Å²) in [5.41, 5.74) is -0.0666. The molecule has 0 aromatic heterocycles. The van der Waals surface area contributed by atoms with Crippen molar-refractivity contribution in [1.29, 1.82) is 0 Å². The van der Waals surface area contributed by atoms with Gasteiger partial charge in [-0.15, -0.1) is 0 Å². The van der Waals surface area contributed by atoms with Gasteiger partial charge < -0.3 is 9.47 Å². The van der Waals surface area contributed by atoms with E-state index in [9.17, 15) is 14.9 Å². The van der Waals surface area contributed by atoms with Crippen molar-refractivity contribution in [3.63, 3.8) is 0 Å². The minimum Gasteiger partial charge on any atom is -0.426 e. The Hall–Kier alpha value is -2.37. The molecule has 0 bridgehead atoms. The van der Waals surface area contributed by atoms with Gasteiger partial charge in [-0.25, -0.2) is 4.79 Å². The number of non-ortho nitro benzene ring substituents is 1. The molecule has 1 atom stereocenters. The van der Waals surface area contributed by atoms with Crippen LogP contribution < -0.4 is 4.74 Å². The Bertz CT molecular complexity index is 481. The molecule has 1 aromatic rings. The van der Waals surface area contributed by atoms with E-state index in [1.165, 1.54) is 24.3 Å². The van der Waals surface area contributed by atoms with Gasteiger partial charge >= 0.3 is 6.16 Å². The van der Waals surface area contributed by atoms with Gasteiger partial charge in [0.25, 0.3) is 5.69 Å². The molecule has 0 fully saturated rings. The summed E-state index contributed by atoms with van der Waals surface area (Å²) in [6.45, 7) is 3.88. The molecule has 0 aliphatic heterocycles. The number of carbonyl (C=O) groups is 1. The third-order valence-corrected chi connectivity index (χ3v) is 2.49. The van der Waals surface area contributed by atoms with Crippen LogP contribution in [-0.4, -0.2) is 17.2 Å². The predicted octanol–water partition coefficient (Wildman–Crippen LogP) is 3.86. The molecular formula is C14H17NO5. The maximum atomic E-state index is 11.6. The highest BCUT2D eigenvalue weighted by Gasteiger charge is 2.12. The molecular weight excluding hydrogens is 262 g/mol. The van der Waals surface area contributed by atoms with Crippen LogP contribution in [-0.2, 0) is 4.74 Å². The number of carbonyl (C=O) groups excluding carboxylic acids is 1. The number of allylic oxidation sites excluding steroid dienone is 1. The van der Waals surface area contributed by atoms with Crippen molar-refractivity contribution in [2.24, 2.45) is 0 Å². The number of benzene rings is 1. The maximum absolute atomic E-state index is 11.6. The third-order valence-electron chi connectivity index (χ3n) is 2.49. The lowest BCUT2D eigenvalue weighted by Gasteiger charge is -2.11. The topological polar surface area (TPSA) is 78.7 Å². The molecule has 20 heavy (non-hydrogen) atoms. The van der Waals surface area contributed by atoms with Gasteiger partial charge in [0, 0.05) is 12.1 Å². The first-order valence-electron chi connectivity index (χ1n) is 6.36. The van der Waals surface area contributed by atoms with Crippen LogP contribution in [0.1, 0.15) is 26.7 Å². The largest absolute Gasteiger partial charge is 0.514 e. The molecule has 6 nitrogen and oxygen atoms in total. The lowest BCUT2D eigenvalue weighted by atomic mass is 10.2. The molecule has 0 aliphatic rings. The van der Waals surface area contributed by atoms with Gasteiger partial charge in [-0.3, -0.25) is 10.1 Å². The molecule has 0 aliphatic carbocycles. The van der Waals surface area contributed by atoms with Crippen molar-refractivity contribution in [1.82, 2.24) is 0 Å². The summed E-state index contributed by atoms with van der Waals surface area (Å²) in [4.78, 5) is 21.5. The second kappa shape index (κ2) is 7.93. The van der Waals surface area contributed by atoms with Gasteiger partial charge in [-0.2, -0.15) is 0 Å². The fourth-order valence-electron chi connectivity index (χ4n) is 1.43. The molecule has 0 N–H and O–H groups in total. The number of rotatable bonds is 6. The zero-order valence-electron chi connectivity index (χ0n) is 11.4. The summed E-state index contributed by atoms with van der Waals surface area (Å²) in [5.74, 6) is 0.204. The van der Waals surface area contributed by atoms with Crippen molar-refractivity contribution in [2.45, 2.75) is 32.8 Å². The molecule has 0 saturated heterocycles. The number of ether oxygens (including phenoxy) is 2. The first-order valence-corrected chi connectivity index (χ1v) is 6.36. The molecule has 0 radical (unpaired) electrons. The van der Waals surface area contributed by atoms with Gasteiger partial charge in [0.15, 0.2) is 0 Å². The van der Waals surface area contributed by atoms with Crippen LogP contribution in [0.2, 0.25) is 0 Å². The van der Waals surface area contributed by atoms with Crippen molar-refractivity contribution >= 4 is 11.8 Å². The highest BCUT2D eigenvalue weighted by Crippen LogP contribution is 2.18. The average Bonchev–Trinajstić information content (AvgIpc) is 2.43. The fourth-order valence-corrected chi connectivity index (χ4v) is 1.43. The Kier molecular flexibility index (Phi) is 6.22. The van der Waals surface area contributed by atoms with Crippen molar-refractivity contribution in [3.8, 4) is 5.75 Å². The zero-order chi connectivity index (χ0) is 15.0. The Morgan fingerprint density at radius 3 is 2.50 bits per heavy atom. The van der Waals surface area contributed by atoms with Gasteiger partial charge in [-0.1, -0.05) is 19.9 Å². The van der Waals surface area contributed by atoms with E-state index in [4.69, 9.17) is 9.47 Å². The second-order valence-electron chi connectivity index (χ2n) is 4.00. The Labute approximate surface area is 117 Å². The monoisotopic (exact) mass is 279 g/mol. The van der Waals surface area contributed by atoms with Crippen LogP contribution in [0.25, 0.3) is 0 Å².